The average molecular weight is 297 g/mol. The van der Waals surface area contributed by atoms with E-state index in [0.717, 1.165) is 43.2 Å². The number of nitrogens with one attached hydrogen (secondary N) is 1. The summed E-state index contributed by atoms with van der Waals surface area (Å²) < 4.78 is 6.96. The van der Waals surface area contributed by atoms with E-state index in [1.165, 1.54) is 6.33 Å². The van der Waals surface area contributed by atoms with Crippen LogP contribution in [0.5, 0.6) is 0 Å². The number of nitrogens with zero attached hydrogens (tertiary/aromatic N) is 4. The number of hydrogen-bond acceptors (Lipinski definition) is 5. The maximum atomic E-state index is 11.8. The number of fused-ring (bicyclic) bond motifs is 1. The van der Waals surface area contributed by atoms with Crippen LogP contribution in [0.3, 0.4) is 0 Å². The van der Waals surface area contributed by atoms with Gasteiger partial charge in [0, 0.05) is 31.0 Å². The lowest BCUT2D eigenvalue weighted by molar-refractivity contribution is 0.122. The predicted molar refractivity (Wildman–Crippen MR) is 82.1 cm³/mol. The molecule has 0 aliphatic carbocycles. The van der Waals surface area contributed by atoms with Gasteiger partial charge in [0.1, 0.15) is 17.7 Å². The van der Waals surface area contributed by atoms with Crippen LogP contribution in [0.15, 0.2) is 41.7 Å². The lowest BCUT2D eigenvalue weighted by Gasteiger charge is -2.27. The van der Waals surface area contributed by atoms with Crippen LogP contribution in [0.4, 0.5) is 5.82 Å². The molecule has 7 nitrogen and oxygen atoms in total. The van der Waals surface area contributed by atoms with Gasteiger partial charge in [-0.2, -0.15) is 5.10 Å². The van der Waals surface area contributed by atoms with Crippen LogP contribution in [-0.2, 0) is 4.74 Å². The highest BCUT2D eigenvalue weighted by atomic mass is 16.5. The molecular weight excluding hydrogens is 282 g/mol. The third-order valence-corrected chi connectivity index (χ3v) is 3.82. The molecule has 22 heavy (non-hydrogen) atoms. The van der Waals surface area contributed by atoms with Crippen LogP contribution >= 0.6 is 0 Å². The van der Waals surface area contributed by atoms with E-state index in [0.29, 0.717) is 5.52 Å². The van der Waals surface area contributed by atoms with E-state index in [1.54, 1.807) is 10.7 Å². The summed E-state index contributed by atoms with van der Waals surface area (Å²) in [7, 11) is 0. The molecular formula is C15H15N5O2. The van der Waals surface area contributed by atoms with E-state index in [2.05, 4.69) is 20.0 Å². The van der Waals surface area contributed by atoms with Gasteiger partial charge in [0.15, 0.2) is 0 Å². The summed E-state index contributed by atoms with van der Waals surface area (Å²) in [5, 5.41) is 4.12. The van der Waals surface area contributed by atoms with Crippen LogP contribution in [0.25, 0.3) is 16.6 Å². The Hall–Kier alpha value is -2.67. The highest BCUT2D eigenvalue weighted by Gasteiger charge is 2.13. The van der Waals surface area contributed by atoms with E-state index in [4.69, 9.17) is 4.74 Å². The maximum absolute atomic E-state index is 11.8. The first-order valence-electron chi connectivity index (χ1n) is 7.16. The lowest BCUT2D eigenvalue weighted by atomic mass is 10.1. The highest BCUT2D eigenvalue weighted by molar-refractivity contribution is 5.71. The van der Waals surface area contributed by atoms with Crippen molar-refractivity contribution in [3.05, 3.63) is 47.3 Å². The summed E-state index contributed by atoms with van der Waals surface area (Å²) in [6, 6.07) is 5.81. The molecule has 112 valence electrons. The van der Waals surface area contributed by atoms with Crippen molar-refractivity contribution in [2.75, 3.05) is 31.2 Å². The van der Waals surface area contributed by atoms with Gasteiger partial charge in [-0.05, 0) is 23.8 Å². The molecule has 0 spiro atoms. The SMILES string of the molecule is O=c1[nH]cnn2cc(-c3ccnc(N4CCOCC4)c3)cc12. The molecule has 1 aliphatic heterocycles. The summed E-state index contributed by atoms with van der Waals surface area (Å²) in [6.45, 7) is 3.13. The van der Waals surface area contributed by atoms with Gasteiger partial charge in [-0.25, -0.2) is 9.50 Å². The van der Waals surface area contributed by atoms with Crippen molar-refractivity contribution in [2.24, 2.45) is 0 Å². The van der Waals surface area contributed by atoms with E-state index < -0.39 is 0 Å². The highest BCUT2D eigenvalue weighted by Crippen LogP contribution is 2.24. The van der Waals surface area contributed by atoms with Gasteiger partial charge in [-0.1, -0.05) is 0 Å². The average Bonchev–Trinajstić information content (AvgIpc) is 3.02. The first-order valence-corrected chi connectivity index (χ1v) is 7.16. The predicted octanol–water partition coefficient (Wildman–Crippen LogP) is 0.921. The van der Waals surface area contributed by atoms with Crippen molar-refractivity contribution in [3.8, 4) is 11.1 Å². The number of aromatic amines is 1. The van der Waals surface area contributed by atoms with Crippen LogP contribution in [0, 0.1) is 0 Å². The fourth-order valence-electron chi connectivity index (χ4n) is 2.66. The molecule has 0 saturated carbocycles. The molecule has 1 fully saturated rings. The van der Waals surface area contributed by atoms with Crippen molar-refractivity contribution < 1.29 is 4.74 Å². The minimum absolute atomic E-state index is 0.149. The second-order valence-corrected chi connectivity index (χ2v) is 5.18. The number of ether oxygens (including phenoxy) is 1. The molecule has 3 aromatic heterocycles. The van der Waals surface area contributed by atoms with E-state index >= 15 is 0 Å². The number of rotatable bonds is 2. The summed E-state index contributed by atoms with van der Waals surface area (Å²) in [6.07, 6.45) is 5.04. The molecule has 0 amide bonds. The van der Waals surface area contributed by atoms with E-state index in [9.17, 15) is 4.79 Å². The summed E-state index contributed by atoms with van der Waals surface area (Å²) in [4.78, 5) is 21.0. The maximum Gasteiger partial charge on any atom is 0.275 e. The van der Waals surface area contributed by atoms with E-state index in [1.807, 2.05) is 24.4 Å². The van der Waals surface area contributed by atoms with Crippen LogP contribution in [-0.4, -0.2) is 45.9 Å². The van der Waals surface area contributed by atoms with E-state index in [-0.39, 0.29) is 5.56 Å². The Balaban J connectivity index is 1.74. The van der Waals surface area contributed by atoms with Crippen molar-refractivity contribution >= 4 is 11.3 Å². The van der Waals surface area contributed by atoms with Crippen LogP contribution < -0.4 is 10.5 Å². The normalized spacial score (nSPS) is 15.4. The van der Waals surface area contributed by atoms with Gasteiger partial charge in [-0.15, -0.1) is 0 Å². The second kappa shape index (κ2) is 5.27. The Morgan fingerprint density at radius 1 is 1.18 bits per heavy atom. The molecule has 1 N–H and O–H groups in total. The van der Waals surface area contributed by atoms with Crippen molar-refractivity contribution in [1.82, 2.24) is 19.6 Å². The number of pyridine rings is 1. The molecule has 0 unspecified atom stereocenters. The molecule has 0 radical (unpaired) electrons. The summed E-state index contributed by atoms with van der Waals surface area (Å²) in [5.41, 5.74) is 2.34. The minimum atomic E-state index is -0.149. The van der Waals surface area contributed by atoms with Crippen molar-refractivity contribution in [2.45, 2.75) is 0 Å². The van der Waals surface area contributed by atoms with Gasteiger partial charge in [0.2, 0.25) is 0 Å². The quantitative estimate of drug-likeness (QED) is 0.761. The topological polar surface area (TPSA) is 75.5 Å². The zero-order chi connectivity index (χ0) is 14.9. The summed E-state index contributed by atoms with van der Waals surface area (Å²) >= 11 is 0. The van der Waals surface area contributed by atoms with Crippen LogP contribution in [0.1, 0.15) is 0 Å². The second-order valence-electron chi connectivity index (χ2n) is 5.18. The minimum Gasteiger partial charge on any atom is -0.378 e. The van der Waals surface area contributed by atoms with Crippen LogP contribution in [0.2, 0.25) is 0 Å². The molecule has 0 aromatic carbocycles. The Morgan fingerprint density at radius 2 is 2.05 bits per heavy atom. The molecule has 4 rings (SSSR count). The number of aromatic nitrogens is 4. The number of morpholine rings is 1. The molecule has 7 heteroatoms. The van der Waals surface area contributed by atoms with Gasteiger partial charge >= 0.3 is 0 Å². The number of hydrogen-bond donors (Lipinski definition) is 1. The molecule has 1 saturated heterocycles. The summed E-state index contributed by atoms with van der Waals surface area (Å²) in [5.74, 6) is 0.929. The molecule has 1 aliphatic rings. The third-order valence-electron chi connectivity index (χ3n) is 3.82. The Kier molecular flexibility index (Phi) is 3.12. The Bertz CT molecular complexity index is 863. The molecule has 0 bridgehead atoms. The Morgan fingerprint density at radius 3 is 2.86 bits per heavy atom. The largest absolute Gasteiger partial charge is 0.378 e. The van der Waals surface area contributed by atoms with Gasteiger partial charge in [-0.3, -0.25) is 4.79 Å². The smallest absolute Gasteiger partial charge is 0.275 e. The van der Waals surface area contributed by atoms with Gasteiger partial charge < -0.3 is 14.6 Å². The first kappa shape index (κ1) is 13.0. The molecule has 3 aromatic rings. The number of anilines is 1. The fourth-order valence-corrected chi connectivity index (χ4v) is 2.66. The monoisotopic (exact) mass is 297 g/mol. The third kappa shape index (κ3) is 2.25. The van der Waals surface area contributed by atoms with Gasteiger partial charge in [0.05, 0.1) is 13.2 Å². The molecule has 4 heterocycles. The lowest BCUT2D eigenvalue weighted by Crippen LogP contribution is -2.36. The zero-order valence-corrected chi connectivity index (χ0v) is 11.9. The number of H-pyrrole nitrogens is 1. The van der Waals surface area contributed by atoms with Crippen molar-refractivity contribution in [3.63, 3.8) is 0 Å². The zero-order valence-electron chi connectivity index (χ0n) is 11.9. The molecule has 0 atom stereocenters. The fraction of sp³-hybridized carbons (Fsp3) is 0.267. The van der Waals surface area contributed by atoms with Gasteiger partial charge in [0.25, 0.3) is 5.56 Å². The van der Waals surface area contributed by atoms with Crippen molar-refractivity contribution in [1.29, 1.82) is 0 Å². The standard InChI is InChI=1S/C15H15N5O2/c21-15-13-7-12(9-20(13)18-10-17-15)11-1-2-16-14(8-11)19-3-5-22-6-4-19/h1-2,7-10H,3-6H2,(H,17,18,21). The first-order chi connectivity index (χ1) is 10.8. The Labute approximate surface area is 126 Å².